The zero-order chi connectivity index (χ0) is 14.5. The van der Waals surface area contributed by atoms with Gasteiger partial charge >= 0.3 is 5.97 Å². The normalized spacial score (nSPS) is 16.3. The fourth-order valence-corrected chi connectivity index (χ4v) is 3.14. The molecule has 6 nitrogen and oxygen atoms in total. The van der Waals surface area contributed by atoms with E-state index in [2.05, 4.69) is 10.6 Å². The molecule has 0 fully saturated rings. The van der Waals surface area contributed by atoms with Gasteiger partial charge in [-0.25, -0.2) is 0 Å². The first-order chi connectivity index (χ1) is 9.58. The summed E-state index contributed by atoms with van der Waals surface area (Å²) in [4.78, 5) is 34.7. The molecule has 1 aliphatic rings. The number of rotatable bonds is 5. The van der Waals surface area contributed by atoms with Gasteiger partial charge in [0.25, 0.3) is 0 Å². The van der Waals surface area contributed by atoms with Crippen molar-refractivity contribution in [1.29, 1.82) is 0 Å². The van der Waals surface area contributed by atoms with Gasteiger partial charge in [0.1, 0.15) is 6.54 Å². The van der Waals surface area contributed by atoms with Gasteiger partial charge in [-0.2, -0.15) is 0 Å². The fourth-order valence-electron chi connectivity index (χ4n) is 1.91. The number of carbonyl (C=O) groups excluding carboxylic acids is 2. The zero-order valence-corrected chi connectivity index (χ0v) is 11.4. The highest BCUT2D eigenvalue weighted by molar-refractivity contribution is 7.99. The van der Waals surface area contributed by atoms with Crippen LogP contribution in [0.5, 0.6) is 0 Å². The quantitative estimate of drug-likeness (QED) is 0.720. The van der Waals surface area contributed by atoms with Crippen LogP contribution in [0, 0.1) is 0 Å². The third-order valence-electron chi connectivity index (χ3n) is 2.88. The van der Waals surface area contributed by atoms with Crippen LogP contribution in [0.4, 0.5) is 0 Å². The molecule has 1 atom stereocenters. The largest absolute Gasteiger partial charge is 0.480 e. The van der Waals surface area contributed by atoms with Gasteiger partial charge in [-0.05, 0) is 11.6 Å². The molecule has 0 aromatic heterocycles. The Balaban J connectivity index is 1.85. The Labute approximate surface area is 119 Å². The molecule has 2 amide bonds. The molecule has 1 heterocycles. The maximum Gasteiger partial charge on any atom is 0.322 e. The number of carboxylic acids is 1. The molecule has 0 saturated heterocycles. The van der Waals surface area contributed by atoms with Gasteiger partial charge in [-0.3, -0.25) is 14.4 Å². The summed E-state index contributed by atoms with van der Waals surface area (Å²) in [5, 5.41) is 13.1. The number of fused-ring (bicyclic) bond motifs is 1. The molecular weight excluding hydrogens is 280 g/mol. The van der Waals surface area contributed by atoms with Crippen LogP contribution >= 0.6 is 11.8 Å². The van der Waals surface area contributed by atoms with E-state index >= 15 is 0 Å². The lowest BCUT2D eigenvalue weighted by atomic mass is 10.0. The Hall–Kier alpha value is -2.02. The van der Waals surface area contributed by atoms with E-state index in [1.165, 1.54) is 0 Å². The first-order valence-electron chi connectivity index (χ1n) is 6.06. The molecule has 0 radical (unpaired) electrons. The van der Waals surface area contributed by atoms with Crippen LogP contribution in [0.15, 0.2) is 29.2 Å². The molecule has 1 aromatic carbocycles. The van der Waals surface area contributed by atoms with Crippen LogP contribution in [-0.4, -0.2) is 41.7 Å². The maximum absolute atomic E-state index is 12.0. The van der Waals surface area contributed by atoms with Crippen molar-refractivity contribution in [3.63, 3.8) is 0 Å². The molecule has 1 aromatic rings. The second kappa shape index (κ2) is 6.42. The molecule has 0 aliphatic carbocycles. The summed E-state index contributed by atoms with van der Waals surface area (Å²) in [6, 6.07) is 7.67. The van der Waals surface area contributed by atoms with E-state index in [1.807, 2.05) is 24.3 Å². The summed E-state index contributed by atoms with van der Waals surface area (Å²) in [5.41, 5.74) is 0.973. The number of carbonyl (C=O) groups is 3. The number of nitrogens with one attached hydrogen (secondary N) is 2. The van der Waals surface area contributed by atoms with Gasteiger partial charge in [-0.15, -0.1) is 11.8 Å². The van der Waals surface area contributed by atoms with Gasteiger partial charge in [0.15, 0.2) is 0 Å². The topological polar surface area (TPSA) is 95.5 Å². The minimum atomic E-state index is -1.12. The first-order valence-corrected chi connectivity index (χ1v) is 7.04. The number of hydrogen-bond donors (Lipinski definition) is 3. The zero-order valence-electron chi connectivity index (χ0n) is 10.6. The van der Waals surface area contributed by atoms with Gasteiger partial charge in [0.05, 0.1) is 12.5 Å². The minimum Gasteiger partial charge on any atom is -0.480 e. The number of amides is 2. The number of thioether (sulfide) groups is 1. The van der Waals surface area contributed by atoms with Crippen LogP contribution < -0.4 is 10.6 Å². The van der Waals surface area contributed by atoms with E-state index in [4.69, 9.17) is 5.11 Å². The first kappa shape index (κ1) is 14.4. The number of carboxylic acid groups (broad SMARTS) is 1. The summed E-state index contributed by atoms with van der Waals surface area (Å²) < 4.78 is 0. The SMILES string of the molecule is O=C(O)CNC(=O)CNC(=O)C1CSc2ccccc21. The smallest absolute Gasteiger partial charge is 0.322 e. The van der Waals surface area contributed by atoms with Crippen LogP contribution in [0.2, 0.25) is 0 Å². The lowest BCUT2D eigenvalue weighted by molar-refractivity contribution is -0.137. The molecule has 0 saturated carbocycles. The summed E-state index contributed by atoms with van der Waals surface area (Å²) in [6.07, 6.45) is 0. The third kappa shape index (κ3) is 3.51. The van der Waals surface area contributed by atoms with E-state index in [0.717, 1.165) is 10.5 Å². The van der Waals surface area contributed by atoms with Crippen molar-refractivity contribution in [1.82, 2.24) is 10.6 Å². The molecule has 3 N–H and O–H groups in total. The predicted molar refractivity (Wildman–Crippen MR) is 73.6 cm³/mol. The Kier molecular flexibility index (Phi) is 4.62. The molecule has 1 unspecified atom stereocenters. The standard InChI is InChI=1S/C13H14N2O4S/c16-11(14-6-12(17)18)5-15-13(19)9-7-20-10-4-2-1-3-8(9)10/h1-4,9H,5-7H2,(H,14,16)(H,15,19)(H,17,18). The number of benzene rings is 1. The summed E-state index contributed by atoms with van der Waals surface area (Å²) >= 11 is 1.61. The van der Waals surface area contributed by atoms with Gasteiger partial charge in [0.2, 0.25) is 11.8 Å². The molecule has 20 heavy (non-hydrogen) atoms. The Morgan fingerprint density at radius 2 is 1.95 bits per heavy atom. The molecule has 7 heteroatoms. The summed E-state index contributed by atoms with van der Waals surface area (Å²) in [5.74, 6) is -1.45. The molecule has 1 aliphatic heterocycles. The average molecular weight is 294 g/mol. The van der Waals surface area contributed by atoms with Crippen LogP contribution in [-0.2, 0) is 14.4 Å². The lowest BCUT2D eigenvalue weighted by Crippen LogP contribution is -2.40. The molecule has 106 valence electrons. The van der Waals surface area contributed by atoms with Crippen molar-refractivity contribution >= 4 is 29.5 Å². The average Bonchev–Trinajstić information content (AvgIpc) is 2.86. The Morgan fingerprint density at radius 3 is 2.70 bits per heavy atom. The Morgan fingerprint density at radius 1 is 1.20 bits per heavy atom. The number of hydrogen-bond acceptors (Lipinski definition) is 4. The predicted octanol–water partition coefficient (Wildman–Crippen LogP) is 0.193. The Bertz CT molecular complexity index is 547. The van der Waals surface area contributed by atoms with Crippen LogP contribution in [0.1, 0.15) is 11.5 Å². The molecule has 0 spiro atoms. The summed E-state index contributed by atoms with van der Waals surface area (Å²) in [7, 11) is 0. The maximum atomic E-state index is 12.0. The van der Waals surface area contributed by atoms with Crippen molar-refractivity contribution in [3.05, 3.63) is 29.8 Å². The second-order valence-electron chi connectivity index (χ2n) is 4.29. The van der Waals surface area contributed by atoms with Crippen LogP contribution in [0.3, 0.4) is 0 Å². The van der Waals surface area contributed by atoms with Gasteiger partial charge < -0.3 is 15.7 Å². The van der Waals surface area contributed by atoms with Crippen molar-refractivity contribution in [2.75, 3.05) is 18.8 Å². The van der Waals surface area contributed by atoms with Crippen molar-refractivity contribution in [2.45, 2.75) is 10.8 Å². The van der Waals surface area contributed by atoms with E-state index in [9.17, 15) is 14.4 Å². The molecular formula is C13H14N2O4S. The van der Waals surface area contributed by atoms with Gasteiger partial charge in [0, 0.05) is 10.6 Å². The fraction of sp³-hybridized carbons (Fsp3) is 0.308. The van der Waals surface area contributed by atoms with Gasteiger partial charge in [-0.1, -0.05) is 18.2 Å². The third-order valence-corrected chi connectivity index (χ3v) is 4.06. The van der Waals surface area contributed by atoms with Crippen LogP contribution in [0.25, 0.3) is 0 Å². The monoisotopic (exact) mass is 294 g/mol. The number of aliphatic carboxylic acids is 1. The van der Waals surface area contributed by atoms with E-state index in [1.54, 1.807) is 11.8 Å². The van der Waals surface area contributed by atoms with E-state index < -0.39 is 18.4 Å². The molecule has 0 bridgehead atoms. The summed E-state index contributed by atoms with van der Waals surface area (Å²) in [6.45, 7) is -0.660. The van der Waals surface area contributed by atoms with E-state index in [0.29, 0.717) is 5.75 Å². The van der Waals surface area contributed by atoms with Crippen molar-refractivity contribution in [3.8, 4) is 0 Å². The highest BCUT2D eigenvalue weighted by atomic mass is 32.2. The second-order valence-corrected chi connectivity index (χ2v) is 5.35. The minimum absolute atomic E-state index is 0.213. The lowest BCUT2D eigenvalue weighted by Gasteiger charge is -2.11. The molecule has 2 rings (SSSR count). The van der Waals surface area contributed by atoms with E-state index in [-0.39, 0.29) is 18.4 Å². The van der Waals surface area contributed by atoms with Crippen molar-refractivity contribution in [2.24, 2.45) is 0 Å². The van der Waals surface area contributed by atoms with Crippen molar-refractivity contribution < 1.29 is 19.5 Å². The highest BCUT2D eigenvalue weighted by Gasteiger charge is 2.28. The highest BCUT2D eigenvalue weighted by Crippen LogP contribution is 2.39.